The summed E-state index contributed by atoms with van der Waals surface area (Å²) in [6.45, 7) is 1.79. The van der Waals surface area contributed by atoms with Crippen LogP contribution in [0.4, 0.5) is 5.82 Å². The molecule has 0 bridgehead atoms. The number of ether oxygens (including phenoxy) is 1. The molecule has 2 aliphatic heterocycles. The maximum Gasteiger partial charge on any atom is 0.244 e. The molecule has 0 saturated carbocycles. The molecule has 0 aliphatic carbocycles. The van der Waals surface area contributed by atoms with Gasteiger partial charge in [0.05, 0.1) is 17.7 Å². The van der Waals surface area contributed by atoms with E-state index in [0.29, 0.717) is 36.3 Å². The lowest BCUT2D eigenvalue weighted by Crippen LogP contribution is -2.35. The van der Waals surface area contributed by atoms with E-state index in [1.54, 1.807) is 16.4 Å². The van der Waals surface area contributed by atoms with Crippen LogP contribution in [0, 0.1) is 0 Å². The Balaban J connectivity index is 1.53. The van der Waals surface area contributed by atoms with Crippen LogP contribution in [-0.4, -0.2) is 37.4 Å². The monoisotopic (exact) mass is 421 g/mol. The Morgan fingerprint density at radius 2 is 1.93 bits per heavy atom. The zero-order valence-corrected chi connectivity index (χ0v) is 17.2. The number of pyridine rings is 1. The molecule has 0 radical (unpaired) electrons. The quantitative estimate of drug-likeness (QED) is 0.799. The Bertz CT molecular complexity index is 928. The highest BCUT2D eigenvalue weighted by molar-refractivity contribution is 7.89. The number of fused-ring (bicyclic) bond motifs is 1. The minimum atomic E-state index is -3.47. The van der Waals surface area contributed by atoms with Crippen LogP contribution >= 0.6 is 11.6 Å². The zero-order valence-electron chi connectivity index (χ0n) is 15.6. The van der Waals surface area contributed by atoms with E-state index in [4.69, 9.17) is 16.3 Å². The molecular weight excluding hydrogens is 398 g/mol. The van der Waals surface area contributed by atoms with Gasteiger partial charge in [0.15, 0.2) is 0 Å². The highest BCUT2D eigenvalue weighted by Gasteiger charge is 2.26. The molecule has 2 aromatic rings. The Kier molecular flexibility index (Phi) is 5.75. The third-order valence-corrected chi connectivity index (χ3v) is 7.45. The largest absolute Gasteiger partial charge is 0.492 e. The molecule has 1 N–H and O–H groups in total. The first-order valence-electron chi connectivity index (χ1n) is 9.70. The number of para-hydroxylation sites is 1. The molecule has 3 heterocycles. The number of anilines is 1. The van der Waals surface area contributed by atoms with Crippen LogP contribution in [0.3, 0.4) is 0 Å². The molecular formula is C20H24ClN3O3S. The summed E-state index contributed by atoms with van der Waals surface area (Å²) < 4.78 is 32.9. The van der Waals surface area contributed by atoms with Crippen molar-refractivity contribution in [1.82, 2.24) is 9.29 Å². The van der Waals surface area contributed by atoms with Gasteiger partial charge in [-0.15, -0.1) is 0 Å². The molecule has 1 fully saturated rings. The van der Waals surface area contributed by atoms with Crippen molar-refractivity contribution in [3.8, 4) is 5.75 Å². The minimum Gasteiger partial charge on any atom is -0.492 e. The molecule has 1 unspecified atom stereocenters. The average Bonchev–Trinajstić information content (AvgIpc) is 2.93. The number of sulfonamides is 1. The van der Waals surface area contributed by atoms with Crippen LogP contribution in [0.2, 0.25) is 5.02 Å². The van der Waals surface area contributed by atoms with Gasteiger partial charge in [0.2, 0.25) is 10.0 Å². The predicted octanol–water partition coefficient (Wildman–Crippen LogP) is 4.24. The summed E-state index contributed by atoms with van der Waals surface area (Å²) >= 11 is 6.29. The molecule has 150 valence electrons. The molecule has 1 atom stereocenters. The normalized spacial score (nSPS) is 20.7. The SMILES string of the molecule is O=S(=O)(c1ccc(NC2CCCOc3c(Cl)cccc32)nc1)N1CCCCC1. The van der Waals surface area contributed by atoms with Crippen LogP contribution in [0.15, 0.2) is 41.4 Å². The van der Waals surface area contributed by atoms with Gasteiger partial charge in [0, 0.05) is 24.8 Å². The third kappa shape index (κ3) is 3.97. The van der Waals surface area contributed by atoms with E-state index in [2.05, 4.69) is 10.3 Å². The van der Waals surface area contributed by atoms with Gasteiger partial charge in [0.1, 0.15) is 16.5 Å². The lowest BCUT2D eigenvalue weighted by atomic mass is 10.0. The highest BCUT2D eigenvalue weighted by Crippen LogP contribution is 2.38. The number of nitrogens with zero attached hydrogens (tertiary/aromatic N) is 2. The fraction of sp³-hybridized carbons (Fsp3) is 0.450. The van der Waals surface area contributed by atoms with E-state index in [1.807, 2.05) is 18.2 Å². The van der Waals surface area contributed by atoms with Crippen LogP contribution < -0.4 is 10.1 Å². The Labute approximate surface area is 170 Å². The van der Waals surface area contributed by atoms with E-state index >= 15 is 0 Å². The topological polar surface area (TPSA) is 71.5 Å². The van der Waals surface area contributed by atoms with Gasteiger partial charge in [-0.3, -0.25) is 0 Å². The first-order chi connectivity index (χ1) is 13.6. The molecule has 28 heavy (non-hydrogen) atoms. The zero-order chi connectivity index (χ0) is 19.6. The van der Waals surface area contributed by atoms with E-state index in [0.717, 1.165) is 37.7 Å². The minimum absolute atomic E-state index is 0.00764. The smallest absolute Gasteiger partial charge is 0.244 e. The fourth-order valence-electron chi connectivity index (χ4n) is 3.77. The van der Waals surface area contributed by atoms with Crippen molar-refractivity contribution in [2.24, 2.45) is 0 Å². The lowest BCUT2D eigenvalue weighted by Gasteiger charge is -2.25. The van der Waals surface area contributed by atoms with Gasteiger partial charge in [-0.05, 0) is 43.9 Å². The van der Waals surface area contributed by atoms with Gasteiger partial charge in [-0.2, -0.15) is 4.31 Å². The Morgan fingerprint density at radius 3 is 2.68 bits per heavy atom. The van der Waals surface area contributed by atoms with Crippen molar-refractivity contribution >= 4 is 27.4 Å². The Hall–Kier alpha value is -1.83. The Morgan fingerprint density at radius 1 is 1.11 bits per heavy atom. The molecule has 1 aromatic heterocycles. The van der Waals surface area contributed by atoms with Crippen molar-refractivity contribution in [2.45, 2.75) is 43.0 Å². The van der Waals surface area contributed by atoms with Crippen LogP contribution in [-0.2, 0) is 10.0 Å². The molecule has 4 rings (SSSR count). The van der Waals surface area contributed by atoms with Gasteiger partial charge >= 0.3 is 0 Å². The molecule has 0 amide bonds. The third-order valence-electron chi connectivity index (χ3n) is 5.27. The summed E-state index contributed by atoms with van der Waals surface area (Å²) in [6, 6.07) is 9.10. The number of benzene rings is 1. The average molecular weight is 422 g/mol. The lowest BCUT2D eigenvalue weighted by molar-refractivity contribution is 0.316. The number of hydrogen-bond donors (Lipinski definition) is 1. The number of rotatable bonds is 4. The van der Waals surface area contributed by atoms with Crippen LogP contribution in [0.1, 0.15) is 43.7 Å². The number of piperidine rings is 1. The number of halogens is 1. The van der Waals surface area contributed by atoms with Crippen molar-refractivity contribution in [2.75, 3.05) is 25.0 Å². The van der Waals surface area contributed by atoms with Gasteiger partial charge < -0.3 is 10.1 Å². The number of aromatic nitrogens is 1. The highest BCUT2D eigenvalue weighted by atomic mass is 35.5. The van der Waals surface area contributed by atoms with Gasteiger partial charge in [-0.1, -0.05) is 30.2 Å². The summed E-state index contributed by atoms with van der Waals surface area (Å²) in [4.78, 5) is 4.61. The van der Waals surface area contributed by atoms with E-state index < -0.39 is 10.0 Å². The maximum atomic E-state index is 12.8. The molecule has 1 saturated heterocycles. The summed E-state index contributed by atoms with van der Waals surface area (Å²) in [5, 5.41) is 4.00. The van der Waals surface area contributed by atoms with E-state index in [-0.39, 0.29) is 10.9 Å². The van der Waals surface area contributed by atoms with E-state index in [9.17, 15) is 8.42 Å². The summed E-state index contributed by atoms with van der Waals surface area (Å²) in [6.07, 6.45) is 6.13. The molecule has 1 aromatic carbocycles. The maximum absolute atomic E-state index is 12.8. The van der Waals surface area contributed by atoms with Gasteiger partial charge in [0.25, 0.3) is 0 Å². The van der Waals surface area contributed by atoms with Crippen molar-refractivity contribution in [1.29, 1.82) is 0 Å². The second-order valence-corrected chi connectivity index (χ2v) is 9.53. The predicted molar refractivity (Wildman–Crippen MR) is 109 cm³/mol. The van der Waals surface area contributed by atoms with Gasteiger partial charge in [-0.25, -0.2) is 13.4 Å². The van der Waals surface area contributed by atoms with Crippen molar-refractivity contribution in [3.05, 3.63) is 47.1 Å². The summed E-state index contributed by atoms with van der Waals surface area (Å²) in [5.74, 6) is 1.35. The van der Waals surface area contributed by atoms with Crippen LogP contribution in [0.25, 0.3) is 0 Å². The standard InChI is InChI=1S/C20H24ClN3O3S/c21-17-7-4-6-16-18(8-5-13-27-20(16)17)23-19-10-9-15(14-22-19)28(25,26)24-11-2-1-3-12-24/h4,6-7,9-10,14,18H,1-3,5,8,11-13H2,(H,22,23). The van der Waals surface area contributed by atoms with Crippen molar-refractivity contribution in [3.63, 3.8) is 0 Å². The molecule has 8 heteroatoms. The number of nitrogens with one attached hydrogen (secondary N) is 1. The fourth-order valence-corrected chi connectivity index (χ4v) is 5.47. The summed E-state index contributed by atoms with van der Waals surface area (Å²) in [5.41, 5.74) is 0.997. The second kappa shape index (κ2) is 8.27. The van der Waals surface area contributed by atoms with Crippen molar-refractivity contribution < 1.29 is 13.2 Å². The molecule has 6 nitrogen and oxygen atoms in total. The summed E-state index contributed by atoms with van der Waals surface area (Å²) in [7, 11) is -3.47. The second-order valence-electron chi connectivity index (χ2n) is 7.19. The number of hydrogen-bond acceptors (Lipinski definition) is 5. The first-order valence-corrected chi connectivity index (χ1v) is 11.5. The molecule has 2 aliphatic rings. The van der Waals surface area contributed by atoms with E-state index in [1.165, 1.54) is 6.20 Å². The first kappa shape index (κ1) is 19.5. The van der Waals surface area contributed by atoms with Crippen LogP contribution in [0.5, 0.6) is 5.75 Å². The molecule has 0 spiro atoms.